The second kappa shape index (κ2) is 10.7. The molecule has 0 aromatic heterocycles. The lowest BCUT2D eigenvalue weighted by atomic mass is 10.2. The van der Waals surface area contributed by atoms with Crippen LogP contribution in [0.15, 0.2) is 4.99 Å². The molecule has 7 nitrogen and oxygen atoms in total. The molecule has 0 aliphatic carbocycles. The summed E-state index contributed by atoms with van der Waals surface area (Å²) in [5.41, 5.74) is 0. The first-order valence-corrected chi connectivity index (χ1v) is 10.2. The molecule has 0 bridgehead atoms. The number of aliphatic imine (C=N–C) groups is 1. The highest BCUT2D eigenvalue weighted by atomic mass is 16.5. The first kappa shape index (κ1) is 21.0. The summed E-state index contributed by atoms with van der Waals surface area (Å²) in [5.74, 6) is 1.11. The second-order valence-electron chi connectivity index (χ2n) is 7.45. The van der Waals surface area contributed by atoms with Crippen molar-refractivity contribution < 1.29 is 9.53 Å². The first-order chi connectivity index (χ1) is 12.5. The van der Waals surface area contributed by atoms with Crippen molar-refractivity contribution in [2.75, 3.05) is 45.8 Å². The fourth-order valence-electron chi connectivity index (χ4n) is 3.79. The number of guanidine groups is 1. The summed E-state index contributed by atoms with van der Waals surface area (Å²) in [6.45, 7) is 14.6. The van der Waals surface area contributed by atoms with E-state index in [0.29, 0.717) is 24.7 Å². The van der Waals surface area contributed by atoms with Gasteiger partial charge in [0.25, 0.3) is 0 Å². The minimum atomic E-state index is 0.241. The molecule has 26 heavy (non-hydrogen) atoms. The van der Waals surface area contributed by atoms with Crippen LogP contribution in [0, 0.1) is 0 Å². The Kier molecular flexibility index (Phi) is 8.65. The lowest BCUT2D eigenvalue weighted by molar-refractivity contribution is -0.129. The monoisotopic (exact) mass is 367 g/mol. The van der Waals surface area contributed by atoms with Crippen LogP contribution < -0.4 is 10.6 Å². The van der Waals surface area contributed by atoms with Gasteiger partial charge in [-0.15, -0.1) is 0 Å². The number of carbonyl (C=O) groups is 1. The minimum absolute atomic E-state index is 0.241. The van der Waals surface area contributed by atoms with Gasteiger partial charge in [-0.25, -0.2) is 0 Å². The zero-order valence-electron chi connectivity index (χ0n) is 17.0. The molecule has 2 heterocycles. The fourth-order valence-corrected chi connectivity index (χ4v) is 3.79. The van der Waals surface area contributed by atoms with E-state index in [1.54, 1.807) is 0 Å². The van der Waals surface area contributed by atoms with Gasteiger partial charge in [-0.2, -0.15) is 0 Å². The minimum Gasteiger partial charge on any atom is -0.373 e. The summed E-state index contributed by atoms with van der Waals surface area (Å²) >= 11 is 0. The van der Waals surface area contributed by atoms with Gasteiger partial charge in [-0.05, 0) is 33.6 Å². The second-order valence-corrected chi connectivity index (χ2v) is 7.45. The Labute approximate surface area is 158 Å². The number of amides is 1. The predicted octanol–water partition coefficient (Wildman–Crippen LogP) is 1.05. The standard InChI is InChI=1S/C19H37N5O2/c1-5-18(25)24-11-8-17(14-24)22-19(20-6-2)21-9-7-10-23-12-15(3)26-16(4)13-23/h15-17H,5-14H2,1-4H3,(H2,20,21,22). The van der Waals surface area contributed by atoms with Gasteiger partial charge in [0.2, 0.25) is 5.91 Å². The van der Waals surface area contributed by atoms with Crippen LogP contribution in [0.3, 0.4) is 0 Å². The van der Waals surface area contributed by atoms with Crippen molar-refractivity contribution in [3.8, 4) is 0 Å². The van der Waals surface area contributed by atoms with E-state index in [2.05, 4.69) is 36.3 Å². The molecule has 0 aromatic rings. The largest absolute Gasteiger partial charge is 0.373 e. The molecule has 2 saturated heterocycles. The summed E-state index contributed by atoms with van der Waals surface area (Å²) in [5, 5.41) is 6.81. The third-order valence-electron chi connectivity index (χ3n) is 4.93. The number of morpholine rings is 1. The van der Waals surface area contributed by atoms with Crippen molar-refractivity contribution >= 4 is 11.9 Å². The number of carbonyl (C=O) groups excluding carboxylic acids is 1. The Morgan fingerprint density at radius 2 is 1.92 bits per heavy atom. The van der Waals surface area contributed by atoms with Gasteiger partial charge >= 0.3 is 0 Å². The average Bonchev–Trinajstić information content (AvgIpc) is 3.06. The highest BCUT2D eigenvalue weighted by Gasteiger charge is 2.26. The molecule has 3 atom stereocenters. The lowest BCUT2D eigenvalue weighted by Gasteiger charge is -2.35. The Morgan fingerprint density at radius 1 is 1.19 bits per heavy atom. The number of rotatable bonds is 7. The maximum Gasteiger partial charge on any atom is 0.222 e. The molecule has 1 amide bonds. The van der Waals surface area contributed by atoms with Crippen LogP contribution in [0.4, 0.5) is 0 Å². The van der Waals surface area contributed by atoms with Crippen molar-refractivity contribution in [1.29, 1.82) is 0 Å². The average molecular weight is 368 g/mol. The van der Waals surface area contributed by atoms with Gasteiger partial charge < -0.3 is 20.3 Å². The Balaban J connectivity index is 1.73. The van der Waals surface area contributed by atoms with Crippen molar-refractivity contribution in [2.24, 2.45) is 4.99 Å². The maximum atomic E-state index is 11.8. The molecule has 150 valence electrons. The van der Waals surface area contributed by atoms with Crippen LogP contribution in [-0.2, 0) is 9.53 Å². The van der Waals surface area contributed by atoms with Crippen LogP contribution in [0.2, 0.25) is 0 Å². The predicted molar refractivity (Wildman–Crippen MR) is 105 cm³/mol. The molecule has 0 aromatic carbocycles. The molecule has 7 heteroatoms. The normalized spacial score (nSPS) is 27.6. The van der Waals surface area contributed by atoms with Crippen LogP contribution in [0.5, 0.6) is 0 Å². The van der Waals surface area contributed by atoms with E-state index >= 15 is 0 Å². The van der Waals surface area contributed by atoms with Crippen LogP contribution >= 0.6 is 0 Å². The van der Waals surface area contributed by atoms with E-state index < -0.39 is 0 Å². The highest BCUT2D eigenvalue weighted by Crippen LogP contribution is 2.11. The Hall–Kier alpha value is -1.34. The molecule has 2 N–H and O–H groups in total. The van der Waals surface area contributed by atoms with Gasteiger partial charge in [0.05, 0.1) is 12.2 Å². The molecule has 0 saturated carbocycles. The molecular weight excluding hydrogens is 330 g/mol. The molecule has 2 fully saturated rings. The molecule has 0 spiro atoms. The number of likely N-dealkylation sites (tertiary alicyclic amines) is 1. The maximum absolute atomic E-state index is 11.8. The fraction of sp³-hybridized carbons (Fsp3) is 0.895. The van der Waals surface area contributed by atoms with Crippen LogP contribution in [0.25, 0.3) is 0 Å². The number of hydrogen-bond donors (Lipinski definition) is 2. The molecule has 3 unspecified atom stereocenters. The SMILES string of the molecule is CCNC(=NCCCN1CC(C)OC(C)C1)NC1CCN(C(=O)CC)C1. The lowest BCUT2D eigenvalue weighted by Crippen LogP contribution is -2.46. The Morgan fingerprint density at radius 3 is 2.58 bits per heavy atom. The summed E-state index contributed by atoms with van der Waals surface area (Å²) in [4.78, 5) is 21.0. The third-order valence-corrected chi connectivity index (χ3v) is 4.93. The zero-order valence-corrected chi connectivity index (χ0v) is 17.0. The van der Waals surface area contributed by atoms with E-state index in [9.17, 15) is 4.79 Å². The molecular formula is C19H37N5O2. The van der Waals surface area contributed by atoms with Crippen LogP contribution in [0.1, 0.15) is 47.0 Å². The van der Waals surface area contributed by atoms with Crippen molar-refractivity contribution in [3.63, 3.8) is 0 Å². The third kappa shape index (κ3) is 6.76. The number of ether oxygens (including phenoxy) is 1. The topological polar surface area (TPSA) is 69.2 Å². The first-order valence-electron chi connectivity index (χ1n) is 10.2. The van der Waals surface area contributed by atoms with Gasteiger partial charge in [0.15, 0.2) is 5.96 Å². The highest BCUT2D eigenvalue weighted by molar-refractivity contribution is 5.80. The number of nitrogens with one attached hydrogen (secondary N) is 2. The van der Waals surface area contributed by atoms with Gasteiger partial charge in [0, 0.05) is 58.3 Å². The van der Waals surface area contributed by atoms with E-state index in [0.717, 1.165) is 64.6 Å². The van der Waals surface area contributed by atoms with E-state index in [4.69, 9.17) is 9.73 Å². The van der Waals surface area contributed by atoms with Gasteiger partial charge in [-0.3, -0.25) is 14.7 Å². The van der Waals surface area contributed by atoms with Crippen molar-refractivity contribution in [1.82, 2.24) is 20.4 Å². The summed E-state index contributed by atoms with van der Waals surface area (Å²) in [6.07, 6.45) is 3.25. The number of hydrogen-bond acceptors (Lipinski definition) is 4. The van der Waals surface area contributed by atoms with Crippen molar-refractivity contribution in [2.45, 2.75) is 65.2 Å². The summed E-state index contributed by atoms with van der Waals surface area (Å²) < 4.78 is 5.78. The van der Waals surface area contributed by atoms with E-state index in [-0.39, 0.29) is 5.91 Å². The van der Waals surface area contributed by atoms with E-state index in [1.807, 2.05) is 11.8 Å². The van der Waals surface area contributed by atoms with Crippen LogP contribution in [-0.4, -0.2) is 85.7 Å². The van der Waals surface area contributed by atoms with E-state index in [1.165, 1.54) is 0 Å². The quantitative estimate of drug-likeness (QED) is 0.400. The molecule has 0 radical (unpaired) electrons. The Bertz CT molecular complexity index is 461. The molecule has 2 aliphatic heterocycles. The van der Waals surface area contributed by atoms with Gasteiger partial charge in [0.1, 0.15) is 0 Å². The molecule has 2 rings (SSSR count). The van der Waals surface area contributed by atoms with Gasteiger partial charge in [-0.1, -0.05) is 6.92 Å². The summed E-state index contributed by atoms with van der Waals surface area (Å²) in [7, 11) is 0. The van der Waals surface area contributed by atoms with Crippen molar-refractivity contribution in [3.05, 3.63) is 0 Å². The molecule has 2 aliphatic rings. The summed E-state index contributed by atoms with van der Waals surface area (Å²) in [6, 6.07) is 0.296. The smallest absolute Gasteiger partial charge is 0.222 e. The zero-order chi connectivity index (χ0) is 18.9. The number of nitrogens with zero attached hydrogens (tertiary/aromatic N) is 3.